The number of nitrogens with zero attached hydrogens (tertiary/aromatic N) is 1. The van der Waals surface area contributed by atoms with Crippen LogP contribution in [0.4, 0.5) is 5.69 Å². The highest BCUT2D eigenvalue weighted by Crippen LogP contribution is 2.31. The Labute approximate surface area is 85.2 Å². The van der Waals surface area contributed by atoms with Gasteiger partial charge in [-0.1, -0.05) is 18.2 Å². The van der Waals surface area contributed by atoms with Crippen molar-refractivity contribution in [2.24, 2.45) is 0 Å². The number of hydrogen-bond acceptors (Lipinski definition) is 2. The number of aliphatic hydroxyl groups excluding tert-OH is 1. The summed E-state index contributed by atoms with van der Waals surface area (Å²) < 4.78 is 0. The lowest BCUT2D eigenvalue weighted by Gasteiger charge is -2.24. The van der Waals surface area contributed by atoms with Gasteiger partial charge in [0, 0.05) is 24.9 Å². The Balaban J connectivity index is 2.17. The second-order valence-electron chi connectivity index (χ2n) is 3.95. The standard InChI is InChI=1S/C12H17NO/c1-10-9-11-5-2-3-6-12(11)13(10)7-4-8-14/h2-3,5-6,10,14H,4,7-9H2,1H3. The van der Waals surface area contributed by atoms with E-state index in [4.69, 9.17) is 5.11 Å². The fourth-order valence-electron chi connectivity index (χ4n) is 2.21. The Hall–Kier alpha value is -1.02. The number of fused-ring (bicyclic) bond motifs is 1. The van der Waals surface area contributed by atoms with Crippen LogP contribution in [0.25, 0.3) is 0 Å². The van der Waals surface area contributed by atoms with Crippen LogP contribution in [-0.4, -0.2) is 24.3 Å². The highest BCUT2D eigenvalue weighted by molar-refractivity contribution is 5.59. The summed E-state index contributed by atoms with van der Waals surface area (Å²) in [6.45, 7) is 3.50. The van der Waals surface area contributed by atoms with Crippen LogP contribution in [0.5, 0.6) is 0 Å². The van der Waals surface area contributed by atoms with Crippen LogP contribution in [0.3, 0.4) is 0 Å². The molecular formula is C12H17NO. The Morgan fingerprint density at radius 1 is 1.43 bits per heavy atom. The molecule has 2 heteroatoms. The van der Waals surface area contributed by atoms with Crippen molar-refractivity contribution >= 4 is 5.69 Å². The van der Waals surface area contributed by atoms with E-state index in [1.807, 2.05) is 0 Å². The van der Waals surface area contributed by atoms with E-state index in [1.54, 1.807) is 0 Å². The van der Waals surface area contributed by atoms with Gasteiger partial charge in [0.1, 0.15) is 0 Å². The summed E-state index contributed by atoms with van der Waals surface area (Å²) >= 11 is 0. The molecular weight excluding hydrogens is 174 g/mol. The van der Waals surface area contributed by atoms with E-state index >= 15 is 0 Å². The number of anilines is 1. The number of aliphatic hydroxyl groups is 1. The van der Waals surface area contributed by atoms with E-state index in [1.165, 1.54) is 11.3 Å². The monoisotopic (exact) mass is 191 g/mol. The molecule has 1 aromatic rings. The van der Waals surface area contributed by atoms with Gasteiger partial charge in [0.15, 0.2) is 0 Å². The molecule has 0 aromatic heterocycles. The third-order valence-electron chi connectivity index (χ3n) is 2.91. The van der Waals surface area contributed by atoms with Crippen molar-refractivity contribution in [3.63, 3.8) is 0 Å². The first kappa shape index (κ1) is 9.53. The molecule has 76 valence electrons. The van der Waals surface area contributed by atoms with Crippen molar-refractivity contribution in [1.29, 1.82) is 0 Å². The maximum atomic E-state index is 8.83. The van der Waals surface area contributed by atoms with Crippen LogP contribution in [0.2, 0.25) is 0 Å². The SMILES string of the molecule is CC1Cc2ccccc2N1CCCO. The zero-order chi connectivity index (χ0) is 9.97. The average Bonchev–Trinajstić information content (AvgIpc) is 2.51. The fourth-order valence-corrected chi connectivity index (χ4v) is 2.21. The number of para-hydroxylation sites is 1. The molecule has 0 radical (unpaired) electrons. The van der Waals surface area contributed by atoms with Crippen molar-refractivity contribution in [2.45, 2.75) is 25.8 Å². The molecule has 0 fully saturated rings. The van der Waals surface area contributed by atoms with Crippen LogP contribution >= 0.6 is 0 Å². The summed E-state index contributed by atoms with van der Waals surface area (Å²) in [5.74, 6) is 0. The summed E-state index contributed by atoms with van der Waals surface area (Å²) in [6.07, 6.45) is 2.00. The lowest BCUT2D eigenvalue weighted by atomic mass is 10.1. The zero-order valence-electron chi connectivity index (χ0n) is 8.61. The molecule has 0 saturated carbocycles. The Morgan fingerprint density at radius 2 is 2.21 bits per heavy atom. The van der Waals surface area contributed by atoms with Crippen molar-refractivity contribution in [3.05, 3.63) is 29.8 Å². The molecule has 1 heterocycles. The van der Waals surface area contributed by atoms with Crippen LogP contribution in [0.1, 0.15) is 18.9 Å². The minimum atomic E-state index is 0.283. The fraction of sp³-hybridized carbons (Fsp3) is 0.500. The normalized spacial score (nSPS) is 19.9. The lowest BCUT2D eigenvalue weighted by molar-refractivity contribution is 0.288. The second-order valence-corrected chi connectivity index (χ2v) is 3.95. The predicted molar refractivity (Wildman–Crippen MR) is 58.7 cm³/mol. The second kappa shape index (κ2) is 4.01. The maximum Gasteiger partial charge on any atom is 0.0447 e. The first-order valence-corrected chi connectivity index (χ1v) is 5.28. The van der Waals surface area contributed by atoms with Gasteiger partial charge in [-0.15, -0.1) is 0 Å². The molecule has 2 nitrogen and oxygen atoms in total. The van der Waals surface area contributed by atoms with Gasteiger partial charge in [0.2, 0.25) is 0 Å². The molecule has 0 spiro atoms. The van der Waals surface area contributed by atoms with Crippen LogP contribution < -0.4 is 4.90 Å². The molecule has 1 unspecified atom stereocenters. The van der Waals surface area contributed by atoms with E-state index in [2.05, 4.69) is 36.1 Å². The van der Waals surface area contributed by atoms with Gasteiger partial charge in [0.25, 0.3) is 0 Å². The maximum absolute atomic E-state index is 8.83. The van der Waals surface area contributed by atoms with Crippen LogP contribution in [0.15, 0.2) is 24.3 Å². The van der Waals surface area contributed by atoms with E-state index in [-0.39, 0.29) is 6.61 Å². The average molecular weight is 191 g/mol. The smallest absolute Gasteiger partial charge is 0.0447 e. The molecule has 14 heavy (non-hydrogen) atoms. The summed E-state index contributed by atoms with van der Waals surface area (Å²) in [5.41, 5.74) is 2.80. The first-order chi connectivity index (χ1) is 6.83. The molecule has 0 aliphatic carbocycles. The topological polar surface area (TPSA) is 23.5 Å². The number of hydrogen-bond donors (Lipinski definition) is 1. The van der Waals surface area contributed by atoms with Crippen molar-refractivity contribution in [1.82, 2.24) is 0 Å². The summed E-state index contributed by atoms with van der Waals surface area (Å²) in [4.78, 5) is 2.39. The first-order valence-electron chi connectivity index (χ1n) is 5.28. The highest BCUT2D eigenvalue weighted by Gasteiger charge is 2.24. The largest absolute Gasteiger partial charge is 0.396 e. The molecule has 1 aromatic carbocycles. The van der Waals surface area contributed by atoms with Crippen LogP contribution in [-0.2, 0) is 6.42 Å². The number of benzene rings is 1. The third kappa shape index (κ3) is 1.62. The molecule has 1 N–H and O–H groups in total. The van der Waals surface area contributed by atoms with Gasteiger partial charge in [-0.05, 0) is 31.4 Å². The van der Waals surface area contributed by atoms with E-state index in [0.29, 0.717) is 6.04 Å². The third-order valence-corrected chi connectivity index (χ3v) is 2.91. The number of rotatable bonds is 3. The van der Waals surface area contributed by atoms with Crippen molar-refractivity contribution in [2.75, 3.05) is 18.1 Å². The predicted octanol–water partition coefficient (Wildman–Crippen LogP) is 1.82. The Bertz CT molecular complexity index is 311. The van der Waals surface area contributed by atoms with Gasteiger partial charge in [-0.3, -0.25) is 0 Å². The molecule has 0 amide bonds. The Morgan fingerprint density at radius 3 is 3.00 bits per heavy atom. The lowest BCUT2D eigenvalue weighted by Crippen LogP contribution is -2.30. The molecule has 1 atom stereocenters. The quantitative estimate of drug-likeness (QED) is 0.787. The molecule has 1 aliphatic rings. The summed E-state index contributed by atoms with van der Waals surface area (Å²) in [5, 5.41) is 8.83. The van der Waals surface area contributed by atoms with Crippen LogP contribution in [0, 0.1) is 0 Å². The molecule has 0 saturated heterocycles. The van der Waals surface area contributed by atoms with Crippen molar-refractivity contribution in [3.8, 4) is 0 Å². The van der Waals surface area contributed by atoms with Gasteiger partial charge in [0.05, 0.1) is 0 Å². The highest BCUT2D eigenvalue weighted by atomic mass is 16.3. The zero-order valence-corrected chi connectivity index (χ0v) is 8.61. The van der Waals surface area contributed by atoms with E-state index in [9.17, 15) is 0 Å². The van der Waals surface area contributed by atoms with Gasteiger partial charge in [-0.25, -0.2) is 0 Å². The van der Waals surface area contributed by atoms with Gasteiger partial charge in [-0.2, -0.15) is 0 Å². The minimum absolute atomic E-state index is 0.283. The molecule has 1 aliphatic heterocycles. The molecule has 2 rings (SSSR count). The van der Waals surface area contributed by atoms with Crippen molar-refractivity contribution < 1.29 is 5.11 Å². The van der Waals surface area contributed by atoms with E-state index in [0.717, 1.165) is 19.4 Å². The minimum Gasteiger partial charge on any atom is -0.396 e. The molecule has 0 bridgehead atoms. The van der Waals surface area contributed by atoms with E-state index < -0.39 is 0 Å². The van der Waals surface area contributed by atoms with Gasteiger partial charge >= 0.3 is 0 Å². The summed E-state index contributed by atoms with van der Waals surface area (Å²) in [7, 11) is 0. The van der Waals surface area contributed by atoms with Gasteiger partial charge < -0.3 is 10.0 Å². The Kier molecular flexibility index (Phi) is 2.73. The summed E-state index contributed by atoms with van der Waals surface area (Å²) in [6, 6.07) is 9.14.